The number of ether oxygens (including phenoxy) is 1. The van der Waals surface area contributed by atoms with Crippen LogP contribution < -0.4 is 0 Å². The number of fused-ring (bicyclic) bond motifs is 1. The highest BCUT2D eigenvalue weighted by Gasteiger charge is 2.15. The summed E-state index contributed by atoms with van der Waals surface area (Å²) < 4.78 is 6.98. The van der Waals surface area contributed by atoms with Crippen LogP contribution in [0.2, 0.25) is 5.02 Å². The van der Waals surface area contributed by atoms with Crippen LogP contribution in [0.25, 0.3) is 11.0 Å². The van der Waals surface area contributed by atoms with E-state index in [0.717, 1.165) is 16.9 Å². The first-order valence-electron chi connectivity index (χ1n) is 6.98. The Balaban J connectivity index is 2.20. The minimum atomic E-state index is -0.209. The van der Waals surface area contributed by atoms with E-state index in [-0.39, 0.29) is 11.3 Å². The molecule has 1 aromatic heterocycles. The zero-order chi connectivity index (χ0) is 15.4. The summed E-state index contributed by atoms with van der Waals surface area (Å²) in [5, 5.41) is 0.436. The number of carbonyl (C=O) groups is 1. The van der Waals surface area contributed by atoms with Crippen LogP contribution in [-0.4, -0.2) is 22.1 Å². The second-order valence-electron chi connectivity index (χ2n) is 4.78. The molecule has 2 aromatic rings. The summed E-state index contributed by atoms with van der Waals surface area (Å²) in [6.07, 6.45) is 1.07. The summed E-state index contributed by atoms with van der Waals surface area (Å²) in [7, 11) is 0. The second kappa shape index (κ2) is 7.14. The number of esters is 1. The molecule has 0 aliphatic carbocycles. The normalized spacial score (nSPS) is 12.6. The molecule has 0 bridgehead atoms. The molecule has 1 aromatic carbocycles. The molecular formula is C15H18Cl2N2O2. The molecule has 114 valence electrons. The van der Waals surface area contributed by atoms with E-state index in [1.54, 1.807) is 6.92 Å². The number of rotatable bonds is 6. The fourth-order valence-electron chi connectivity index (χ4n) is 2.27. The molecule has 4 nitrogen and oxygen atoms in total. The Kier molecular flexibility index (Phi) is 5.48. The predicted molar refractivity (Wildman–Crippen MR) is 84.9 cm³/mol. The van der Waals surface area contributed by atoms with Crippen LogP contribution in [0.3, 0.4) is 0 Å². The van der Waals surface area contributed by atoms with E-state index in [1.165, 1.54) is 0 Å². The largest absolute Gasteiger partial charge is 0.466 e. The summed E-state index contributed by atoms with van der Waals surface area (Å²) in [4.78, 5) is 15.9. The van der Waals surface area contributed by atoms with Crippen molar-refractivity contribution in [3.05, 3.63) is 29.0 Å². The number of hydrogen-bond acceptors (Lipinski definition) is 3. The molecule has 0 N–H and O–H groups in total. The molecule has 0 aliphatic rings. The van der Waals surface area contributed by atoms with E-state index >= 15 is 0 Å². The molecule has 21 heavy (non-hydrogen) atoms. The number of carbonyl (C=O) groups excluding carboxylic acids is 1. The number of aromatic nitrogens is 2. The van der Waals surface area contributed by atoms with Gasteiger partial charge in [-0.05, 0) is 38.5 Å². The maximum atomic E-state index is 11.4. The average Bonchev–Trinajstić information content (AvgIpc) is 2.77. The van der Waals surface area contributed by atoms with Gasteiger partial charge >= 0.3 is 5.97 Å². The van der Waals surface area contributed by atoms with Crippen molar-refractivity contribution >= 4 is 40.2 Å². The lowest BCUT2D eigenvalue weighted by Crippen LogP contribution is -2.08. The van der Waals surface area contributed by atoms with Crippen LogP contribution in [0.4, 0.5) is 0 Å². The van der Waals surface area contributed by atoms with Gasteiger partial charge in [0.05, 0.1) is 23.0 Å². The van der Waals surface area contributed by atoms with Gasteiger partial charge in [0.25, 0.3) is 0 Å². The third kappa shape index (κ3) is 3.89. The SMILES string of the molecule is CCOC(=O)CCCn1c(C(C)Cl)nc2cc(Cl)ccc21. The number of aryl methyl sites for hydroxylation is 1. The lowest BCUT2D eigenvalue weighted by Gasteiger charge is -2.10. The van der Waals surface area contributed by atoms with Crippen LogP contribution in [0.15, 0.2) is 18.2 Å². The van der Waals surface area contributed by atoms with Gasteiger partial charge in [0.1, 0.15) is 5.82 Å². The maximum absolute atomic E-state index is 11.4. The van der Waals surface area contributed by atoms with Crippen molar-refractivity contribution in [2.45, 2.75) is 38.6 Å². The van der Waals surface area contributed by atoms with Gasteiger partial charge in [-0.15, -0.1) is 11.6 Å². The van der Waals surface area contributed by atoms with Crippen LogP contribution >= 0.6 is 23.2 Å². The van der Waals surface area contributed by atoms with Crippen molar-refractivity contribution in [1.82, 2.24) is 9.55 Å². The molecule has 0 fully saturated rings. The zero-order valence-corrected chi connectivity index (χ0v) is 13.6. The third-order valence-electron chi connectivity index (χ3n) is 3.16. The fourth-order valence-corrected chi connectivity index (χ4v) is 2.61. The molecule has 0 saturated heterocycles. The number of halogens is 2. The van der Waals surface area contributed by atoms with E-state index in [0.29, 0.717) is 31.0 Å². The molecule has 2 rings (SSSR count). The van der Waals surface area contributed by atoms with Crippen molar-refractivity contribution in [3.63, 3.8) is 0 Å². The second-order valence-corrected chi connectivity index (χ2v) is 5.87. The van der Waals surface area contributed by atoms with Gasteiger partial charge in [-0.3, -0.25) is 4.79 Å². The first-order valence-corrected chi connectivity index (χ1v) is 7.79. The van der Waals surface area contributed by atoms with Gasteiger partial charge in [-0.2, -0.15) is 0 Å². The van der Waals surface area contributed by atoms with Crippen molar-refractivity contribution in [3.8, 4) is 0 Å². The van der Waals surface area contributed by atoms with E-state index in [9.17, 15) is 4.79 Å². The molecule has 0 amide bonds. The average molecular weight is 329 g/mol. The first-order chi connectivity index (χ1) is 10.0. The van der Waals surface area contributed by atoms with Gasteiger partial charge in [0.2, 0.25) is 0 Å². The van der Waals surface area contributed by atoms with Crippen molar-refractivity contribution in [2.75, 3.05) is 6.61 Å². The Hall–Kier alpha value is -1.26. The van der Waals surface area contributed by atoms with Gasteiger partial charge in [-0.25, -0.2) is 4.98 Å². The lowest BCUT2D eigenvalue weighted by molar-refractivity contribution is -0.143. The van der Waals surface area contributed by atoms with Gasteiger partial charge in [-0.1, -0.05) is 11.6 Å². The van der Waals surface area contributed by atoms with Crippen LogP contribution in [0.5, 0.6) is 0 Å². The molecule has 1 unspecified atom stereocenters. The Bertz CT molecular complexity index is 638. The number of alkyl halides is 1. The smallest absolute Gasteiger partial charge is 0.305 e. The highest BCUT2D eigenvalue weighted by Crippen LogP contribution is 2.26. The zero-order valence-electron chi connectivity index (χ0n) is 12.1. The highest BCUT2D eigenvalue weighted by atomic mass is 35.5. The number of benzene rings is 1. The summed E-state index contributed by atoms with van der Waals surface area (Å²) >= 11 is 12.2. The third-order valence-corrected chi connectivity index (χ3v) is 3.59. The Morgan fingerprint density at radius 3 is 2.90 bits per heavy atom. The molecule has 1 heterocycles. The van der Waals surface area contributed by atoms with E-state index in [2.05, 4.69) is 4.98 Å². The van der Waals surface area contributed by atoms with Gasteiger partial charge in [0, 0.05) is 18.0 Å². The molecule has 1 atom stereocenters. The standard InChI is InChI=1S/C15H18Cl2N2O2/c1-3-21-14(20)5-4-8-19-13-7-6-11(17)9-12(13)18-15(19)10(2)16/h6-7,9-10H,3-5,8H2,1-2H3. The summed E-state index contributed by atoms with van der Waals surface area (Å²) in [5.41, 5.74) is 1.80. The van der Waals surface area contributed by atoms with Crippen molar-refractivity contribution in [2.24, 2.45) is 0 Å². The van der Waals surface area contributed by atoms with Gasteiger partial charge in [0.15, 0.2) is 0 Å². The number of nitrogens with zero attached hydrogens (tertiary/aromatic N) is 2. The van der Waals surface area contributed by atoms with E-state index < -0.39 is 0 Å². The first kappa shape index (κ1) is 16.1. The lowest BCUT2D eigenvalue weighted by atomic mass is 10.2. The molecule has 0 radical (unpaired) electrons. The molecule has 0 spiro atoms. The van der Waals surface area contributed by atoms with Crippen molar-refractivity contribution < 1.29 is 9.53 Å². The Morgan fingerprint density at radius 2 is 2.24 bits per heavy atom. The highest BCUT2D eigenvalue weighted by molar-refractivity contribution is 6.31. The maximum Gasteiger partial charge on any atom is 0.305 e. The number of hydrogen-bond donors (Lipinski definition) is 0. The summed E-state index contributed by atoms with van der Waals surface area (Å²) in [5.74, 6) is 0.614. The van der Waals surface area contributed by atoms with E-state index in [1.807, 2.05) is 29.7 Å². The molecule has 0 saturated carbocycles. The molecule has 6 heteroatoms. The van der Waals surface area contributed by atoms with E-state index in [4.69, 9.17) is 27.9 Å². The summed E-state index contributed by atoms with van der Waals surface area (Å²) in [6, 6.07) is 5.58. The Labute approximate surface area is 134 Å². The Morgan fingerprint density at radius 1 is 1.48 bits per heavy atom. The van der Waals surface area contributed by atoms with Gasteiger partial charge < -0.3 is 9.30 Å². The minimum Gasteiger partial charge on any atom is -0.466 e. The predicted octanol–water partition coefficient (Wildman–Crippen LogP) is 4.33. The summed E-state index contributed by atoms with van der Waals surface area (Å²) in [6.45, 7) is 4.77. The quantitative estimate of drug-likeness (QED) is 0.585. The molecule has 0 aliphatic heterocycles. The minimum absolute atomic E-state index is 0.176. The van der Waals surface area contributed by atoms with Crippen molar-refractivity contribution in [1.29, 1.82) is 0 Å². The van der Waals surface area contributed by atoms with Crippen LogP contribution in [0.1, 0.15) is 37.9 Å². The topological polar surface area (TPSA) is 44.1 Å². The van der Waals surface area contributed by atoms with Crippen LogP contribution in [-0.2, 0) is 16.1 Å². The fraction of sp³-hybridized carbons (Fsp3) is 0.467. The molecular weight excluding hydrogens is 311 g/mol. The monoisotopic (exact) mass is 328 g/mol. The number of imidazole rings is 1. The van der Waals surface area contributed by atoms with Crippen LogP contribution in [0, 0.1) is 0 Å².